The van der Waals surface area contributed by atoms with E-state index in [0.717, 1.165) is 11.4 Å². The Balaban J connectivity index is 2.63. The molecule has 0 atom stereocenters. The number of aryl methyl sites for hydroxylation is 1. The molecule has 3 heteroatoms. The fourth-order valence-corrected chi connectivity index (χ4v) is 1.64. The Morgan fingerprint density at radius 3 is 2.45 bits per heavy atom. The second-order valence-electron chi connectivity index (χ2n) is 3.52. The van der Waals surface area contributed by atoms with Crippen LogP contribution in [0.3, 0.4) is 0 Å². The van der Waals surface area contributed by atoms with Crippen molar-refractivity contribution in [1.29, 1.82) is 0 Å². The summed E-state index contributed by atoms with van der Waals surface area (Å²) >= 11 is 0. The van der Waals surface area contributed by atoms with Gasteiger partial charge in [-0.05, 0) is 6.92 Å². The fourth-order valence-electron chi connectivity index (χ4n) is 1.64. The number of aromatic nitrogens is 2. The van der Waals surface area contributed by atoms with Gasteiger partial charge in [-0.3, -0.25) is 0 Å². The van der Waals surface area contributed by atoms with Crippen molar-refractivity contribution in [3.05, 3.63) is 17.0 Å². The molecule has 0 saturated heterocycles. The second kappa shape index (κ2) is 1.55. The minimum absolute atomic E-state index is 0.134. The molecule has 1 aliphatic rings. The van der Waals surface area contributed by atoms with Crippen LogP contribution in [-0.2, 0) is 5.41 Å². The zero-order valence-electron chi connectivity index (χ0n) is 6.97. The maximum Gasteiger partial charge on any atom is 0.220 e. The molecule has 2 N–H and O–H groups in total. The molecule has 0 saturated carbocycles. The number of nitrogens with two attached hydrogens (primary N) is 1. The Kier molecular flexibility index (Phi) is 0.926. The summed E-state index contributed by atoms with van der Waals surface area (Å²) in [5, 5.41) is 0. The third kappa shape index (κ3) is 0.679. The van der Waals surface area contributed by atoms with Crippen molar-refractivity contribution in [2.75, 3.05) is 5.73 Å². The first-order valence-corrected chi connectivity index (χ1v) is 3.68. The van der Waals surface area contributed by atoms with Gasteiger partial charge in [-0.1, -0.05) is 13.8 Å². The maximum absolute atomic E-state index is 5.49. The van der Waals surface area contributed by atoms with E-state index in [9.17, 15) is 0 Å². The zero-order valence-corrected chi connectivity index (χ0v) is 6.97. The van der Waals surface area contributed by atoms with Crippen molar-refractivity contribution in [2.24, 2.45) is 0 Å². The van der Waals surface area contributed by atoms with Crippen LogP contribution in [0.1, 0.15) is 30.8 Å². The summed E-state index contributed by atoms with van der Waals surface area (Å²) in [5.74, 6) is 0.395. The van der Waals surface area contributed by atoms with Crippen molar-refractivity contribution in [2.45, 2.75) is 26.2 Å². The molecule has 1 aromatic heterocycles. The molecule has 0 fully saturated rings. The van der Waals surface area contributed by atoms with E-state index < -0.39 is 0 Å². The third-order valence-electron chi connectivity index (χ3n) is 2.26. The number of hydrogen-bond acceptors (Lipinski definition) is 3. The van der Waals surface area contributed by atoms with Gasteiger partial charge >= 0.3 is 0 Å². The van der Waals surface area contributed by atoms with Crippen LogP contribution in [-0.4, -0.2) is 9.97 Å². The molecule has 1 aromatic rings. The number of hydrogen-bond donors (Lipinski definition) is 1. The minimum Gasteiger partial charge on any atom is -0.368 e. The molecule has 0 radical (unpaired) electrons. The highest BCUT2D eigenvalue weighted by molar-refractivity contribution is 5.57. The lowest BCUT2D eigenvalue weighted by atomic mass is 10.1. The van der Waals surface area contributed by atoms with Crippen molar-refractivity contribution in [3.8, 4) is 0 Å². The third-order valence-corrected chi connectivity index (χ3v) is 2.26. The molecule has 1 aliphatic carbocycles. The van der Waals surface area contributed by atoms with Crippen LogP contribution in [0.2, 0.25) is 0 Å². The molecular formula is C8H11N3. The lowest BCUT2D eigenvalue weighted by Crippen LogP contribution is -1.94. The highest BCUT2D eigenvalue weighted by atomic mass is 15.0. The molecule has 0 spiro atoms. The van der Waals surface area contributed by atoms with Gasteiger partial charge in [-0.15, -0.1) is 0 Å². The van der Waals surface area contributed by atoms with Crippen LogP contribution in [0.25, 0.3) is 0 Å². The number of fused-ring (bicyclic) bond motifs is 1. The van der Waals surface area contributed by atoms with Crippen molar-refractivity contribution in [3.63, 3.8) is 0 Å². The number of anilines is 1. The van der Waals surface area contributed by atoms with Gasteiger partial charge in [0.25, 0.3) is 0 Å². The second-order valence-corrected chi connectivity index (χ2v) is 3.52. The van der Waals surface area contributed by atoms with Crippen LogP contribution in [0.5, 0.6) is 0 Å². The van der Waals surface area contributed by atoms with Crippen molar-refractivity contribution < 1.29 is 0 Å². The topological polar surface area (TPSA) is 51.8 Å². The van der Waals surface area contributed by atoms with Gasteiger partial charge in [0.15, 0.2) is 0 Å². The predicted molar refractivity (Wildman–Crippen MR) is 43.3 cm³/mol. The first kappa shape index (κ1) is 6.58. The highest BCUT2D eigenvalue weighted by Crippen LogP contribution is 2.49. The van der Waals surface area contributed by atoms with E-state index in [1.54, 1.807) is 0 Å². The lowest BCUT2D eigenvalue weighted by Gasteiger charge is -1.93. The molecule has 11 heavy (non-hydrogen) atoms. The number of rotatable bonds is 0. The Morgan fingerprint density at radius 2 is 1.91 bits per heavy atom. The van der Waals surface area contributed by atoms with Gasteiger partial charge in [0.2, 0.25) is 5.95 Å². The van der Waals surface area contributed by atoms with Crippen LogP contribution in [0, 0.1) is 6.92 Å². The summed E-state index contributed by atoms with van der Waals surface area (Å²) in [6.45, 7) is 6.25. The van der Waals surface area contributed by atoms with Gasteiger partial charge in [0.05, 0.1) is 5.69 Å². The van der Waals surface area contributed by atoms with Gasteiger partial charge in [0.1, 0.15) is 0 Å². The summed E-state index contributed by atoms with van der Waals surface area (Å²) in [5.41, 5.74) is 9.03. The van der Waals surface area contributed by atoms with E-state index in [1.165, 1.54) is 5.56 Å². The summed E-state index contributed by atoms with van der Waals surface area (Å²) in [6, 6.07) is 0. The Hall–Kier alpha value is -1.12. The molecule has 0 amide bonds. The predicted octanol–water partition coefficient (Wildman–Crippen LogP) is 1.01. The Labute approximate surface area is 65.7 Å². The monoisotopic (exact) mass is 149 g/mol. The van der Waals surface area contributed by atoms with Gasteiger partial charge in [-0.2, -0.15) is 0 Å². The molecular weight excluding hydrogens is 138 g/mol. The van der Waals surface area contributed by atoms with Crippen molar-refractivity contribution in [1.82, 2.24) is 9.97 Å². The minimum atomic E-state index is 0.134. The number of nitrogen functional groups attached to an aromatic ring is 1. The van der Waals surface area contributed by atoms with E-state index >= 15 is 0 Å². The van der Waals surface area contributed by atoms with Crippen molar-refractivity contribution >= 4 is 5.95 Å². The SMILES string of the molecule is Cc1nc(N)nc2c1C2(C)C. The zero-order chi connectivity index (χ0) is 8.22. The molecule has 3 nitrogen and oxygen atoms in total. The van der Waals surface area contributed by atoms with Gasteiger partial charge in [-0.25, -0.2) is 9.97 Å². The number of nitrogens with zero attached hydrogens (tertiary/aromatic N) is 2. The maximum atomic E-state index is 5.49. The molecule has 0 unspecified atom stereocenters. The Morgan fingerprint density at radius 1 is 1.27 bits per heavy atom. The lowest BCUT2D eigenvalue weighted by molar-refractivity contribution is 0.775. The van der Waals surface area contributed by atoms with Crippen LogP contribution in [0.4, 0.5) is 5.95 Å². The fraction of sp³-hybridized carbons (Fsp3) is 0.500. The normalized spacial score (nSPS) is 17.7. The average Bonchev–Trinajstić information content (AvgIpc) is 2.34. The summed E-state index contributed by atoms with van der Waals surface area (Å²) in [4.78, 5) is 8.23. The molecule has 0 aromatic carbocycles. The van der Waals surface area contributed by atoms with E-state index in [2.05, 4.69) is 23.8 Å². The molecule has 58 valence electrons. The van der Waals surface area contributed by atoms with E-state index in [-0.39, 0.29) is 5.41 Å². The van der Waals surface area contributed by atoms with Crippen LogP contribution >= 0.6 is 0 Å². The van der Waals surface area contributed by atoms with E-state index in [4.69, 9.17) is 5.73 Å². The summed E-state index contributed by atoms with van der Waals surface area (Å²) < 4.78 is 0. The first-order valence-electron chi connectivity index (χ1n) is 3.68. The highest BCUT2D eigenvalue weighted by Gasteiger charge is 2.46. The molecule has 1 heterocycles. The first-order chi connectivity index (χ1) is 5.03. The smallest absolute Gasteiger partial charge is 0.220 e. The van der Waals surface area contributed by atoms with Crippen LogP contribution in [0.15, 0.2) is 0 Å². The average molecular weight is 149 g/mol. The molecule has 0 bridgehead atoms. The quantitative estimate of drug-likeness (QED) is 0.598. The van der Waals surface area contributed by atoms with Gasteiger partial charge < -0.3 is 5.73 Å². The van der Waals surface area contributed by atoms with E-state index in [1.807, 2.05) is 6.92 Å². The largest absolute Gasteiger partial charge is 0.368 e. The molecule has 0 aliphatic heterocycles. The van der Waals surface area contributed by atoms with Gasteiger partial charge in [0, 0.05) is 16.7 Å². The van der Waals surface area contributed by atoms with Crippen LogP contribution < -0.4 is 5.73 Å². The molecule has 2 rings (SSSR count). The summed E-state index contributed by atoms with van der Waals surface area (Å²) in [6.07, 6.45) is 0. The Bertz CT molecular complexity index is 328. The standard InChI is InChI=1S/C8H11N3/c1-4-5-6(8(5,2)3)11-7(9)10-4/h1-3H3,(H2,9,10,11). The summed E-state index contributed by atoms with van der Waals surface area (Å²) in [7, 11) is 0. The van der Waals surface area contributed by atoms with E-state index in [0.29, 0.717) is 5.95 Å².